The van der Waals surface area contributed by atoms with Crippen LogP contribution in [0.15, 0.2) is 53.4 Å². The van der Waals surface area contributed by atoms with Gasteiger partial charge in [-0.1, -0.05) is 24.3 Å². The van der Waals surface area contributed by atoms with Gasteiger partial charge in [0.1, 0.15) is 0 Å². The summed E-state index contributed by atoms with van der Waals surface area (Å²) in [5, 5.41) is 2.77. The molecule has 0 radical (unpaired) electrons. The fourth-order valence-corrected chi connectivity index (χ4v) is 2.87. The van der Waals surface area contributed by atoms with E-state index in [2.05, 4.69) is 5.32 Å². The fourth-order valence-electron chi connectivity index (χ4n) is 2.08. The number of carbonyl (C=O) groups excluding carboxylic acids is 2. The second-order valence-electron chi connectivity index (χ2n) is 5.00. The molecule has 2 aromatic rings. The molecule has 0 aliphatic rings. The first-order valence-corrected chi connectivity index (χ1v) is 8.64. The molecule has 7 heteroatoms. The van der Waals surface area contributed by atoms with Crippen LogP contribution in [0.25, 0.3) is 0 Å². The molecule has 2 aromatic carbocycles. The minimum Gasteiger partial charge on any atom is -0.493 e. The van der Waals surface area contributed by atoms with E-state index in [-0.39, 0.29) is 23.8 Å². The van der Waals surface area contributed by atoms with Crippen LogP contribution in [0.3, 0.4) is 0 Å². The highest BCUT2D eigenvalue weighted by molar-refractivity contribution is 7.99. The van der Waals surface area contributed by atoms with Crippen LogP contribution >= 0.6 is 11.8 Å². The van der Waals surface area contributed by atoms with E-state index < -0.39 is 5.91 Å². The lowest BCUT2D eigenvalue weighted by atomic mass is 10.2. The summed E-state index contributed by atoms with van der Waals surface area (Å²) in [5.74, 6) is 0.343. The molecule has 0 bridgehead atoms. The molecule has 0 aliphatic carbocycles. The fraction of sp³-hybridized carbons (Fsp3) is 0.222. The first kappa shape index (κ1) is 18.7. The Balaban J connectivity index is 1.81. The van der Waals surface area contributed by atoms with Crippen molar-refractivity contribution in [2.45, 2.75) is 4.90 Å². The van der Waals surface area contributed by atoms with Crippen molar-refractivity contribution in [2.24, 2.45) is 5.73 Å². The van der Waals surface area contributed by atoms with E-state index >= 15 is 0 Å². The van der Waals surface area contributed by atoms with Crippen molar-refractivity contribution >= 4 is 23.6 Å². The number of carbonyl (C=O) groups is 2. The quantitative estimate of drug-likeness (QED) is 0.528. The van der Waals surface area contributed by atoms with Crippen LogP contribution in [0.4, 0.5) is 0 Å². The molecule has 0 spiro atoms. The van der Waals surface area contributed by atoms with Gasteiger partial charge in [0.05, 0.1) is 12.7 Å². The Labute approximate surface area is 150 Å². The molecule has 132 valence electrons. The molecular weight excluding hydrogens is 340 g/mol. The van der Waals surface area contributed by atoms with Crippen LogP contribution in [-0.4, -0.2) is 37.8 Å². The van der Waals surface area contributed by atoms with E-state index in [0.717, 1.165) is 10.6 Å². The Bertz CT molecular complexity index is 722. The van der Waals surface area contributed by atoms with Crippen LogP contribution in [0.2, 0.25) is 0 Å². The maximum absolute atomic E-state index is 11.9. The highest BCUT2D eigenvalue weighted by Crippen LogP contribution is 2.30. The number of primary amides is 1. The van der Waals surface area contributed by atoms with Gasteiger partial charge in [-0.2, -0.15) is 0 Å². The lowest BCUT2D eigenvalue weighted by Gasteiger charge is -2.13. The molecule has 0 saturated carbocycles. The standard InChI is InChI=1S/C18H20N2O4S/c1-23-15-9-5-8-14(18(19)22)17(15)24-12-16(21)20-10-11-25-13-6-3-2-4-7-13/h2-9H,10-12H2,1H3,(H2,19,22)(H,20,21). The summed E-state index contributed by atoms with van der Waals surface area (Å²) in [6.07, 6.45) is 0. The number of benzene rings is 2. The lowest BCUT2D eigenvalue weighted by molar-refractivity contribution is -0.123. The van der Waals surface area contributed by atoms with Gasteiger partial charge in [-0.25, -0.2) is 0 Å². The number of amides is 2. The number of nitrogens with one attached hydrogen (secondary N) is 1. The highest BCUT2D eigenvalue weighted by Gasteiger charge is 2.16. The number of thioether (sulfide) groups is 1. The van der Waals surface area contributed by atoms with Crippen molar-refractivity contribution in [1.82, 2.24) is 5.32 Å². The van der Waals surface area contributed by atoms with E-state index in [1.54, 1.807) is 23.9 Å². The molecule has 0 aromatic heterocycles. The Morgan fingerprint density at radius 3 is 2.56 bits per heavy atom. The zero-order valence-corrected chi connectivity index (χ0v) is 14.7. The first-order chi connectivity index (χ1) is 12.1. The van der Waals surface area contributed by atoms with Gasteiger partial charge in [-0.3, -0.25) is 9.59 Å². The second kappa shape index (κ2) is 9.58. The van der Waals surface area contributed by atoms with E-state index in [1.807, 2.05) is 30.3 Å². The molecule has 0 heterocycles. The Morgan fingerprint density at radius 1 is 1.12 bits per heavy atom. The third kappa shape index (κ3) is 5.72. The topological polar surface area (TPSA) is 90.7 Å². The molecule has 2 amide bonds. The van der Waals surface area contributed by atoms with Crippen LogP contribution in [-0.2, 0) is 4.79 Å². The maximum Gasteiger partial charge on any atom is 0.257 e. The van der Waals surface area contributed by atoms with Gasteiger partial charge in [-0.05, 0) is 24.3 Å². The van der Waals surface area contributed by atoms with Gasteiger partial charge in [0.2, 0.25) is 0 Å². The number of ether oxygens (including phenoxy) is 2. The molecule has 0 aliphatic heterocycles. The smallest absolute Gasteiger partial charge is 0.257 e. The molecule has 0 fully saturated rings. The number of hydrogen-bond acceptors (Lipinski definition) is 5. The average Bonchev–Trinajstić information content (AvgIpc) is 2.64. The van der Waals surface area contributed by atoms with Crippen LogP contribution in [0, 0.1) is 0 Å². The SMILES string of the molecule is COc1cccc(C(N)=O)c1OCC(=O)NCCSc1ccccc1. The predicted octanol–water partition coefficient (Wildman–Crippen LogP) is 2.08. The van der Waals surface area contributed by atoms with Gasteiger partial charge in [0.25, 0.3) is 11.8 Å². The summed E-state index contributed by atoms with van der Waals surface area (Å²) >= 11 is 1.65. The zero-order valence-electron chi connectivity index (χ0n) is 13.9. The molecule has 6 nitrogen and oxygen atoms in total. The van der Waals surface area contributed by atoms with Gasteiger partial charge in [0.15, 0.2) is 18.1 Å². The summed E-state index contributed by atoms with van der Waals surface area (Å²) in [5.41, 5.74) is 5.49. The largest absolute Gasteiger partial charge is 0.493 e. The number of nitrogens with two attached hydrogens (primary N) is 1. The van der Waals surface area contributed by atoms with Crippen LogP contribution < -0.4 is 20.5 Å². The summed E-state index contributed by atoms with van der Waals surface area (Å²) in [4.78, 5) is 24.5. The van der Waals surface area contributed by atoms with Gasteiger partial charge in [0, 0.05) is 17.2 Å². The monoisotopic (exact) mass is 360 g/mol. The molecule has 3 N–H and O–H groups in total. The van der Waals surface area contributed by atoms with Crippen molar-refractivity contribution in [2.75, 3.05) is 26.0 Å². The Morgan fingerprint density at radius 2 is 1.88 bits per heavy atom. The van der Waals surface area contributed by atoms with E-state index in [0.29, 0.717) is 12.3 Å². The second-order valence-corrected chi connectivity index (χ2v) is 6.17. The lowest BCUT2D eigenvalue weighted by Crippen LogP contribution is -2.31. The zero-order chi connectivity index (χ0) is 18.1. The Hall–Kier alpha value is -2.67. The van der Waals surface area contributed by atoms with Gasteiger partial charge >= 0.3 is 0 Å². The number of hydrogen-bond donors (Lipinski definition) is 2. The van der Waals surface area contributed by atoms with Crippen molar-refractivity contribution in [3.8, 4) is 11.5 Å². The van der Waals surface area contributed by atoms with Crippen molar-refractivity contribution in [3.63, 3.8) is 0 Å². The van der Waals surface area contributed by atoms with Crippen molar-refractivity contribution < 1.29 is 19.1 Å². The minimum absolute atomic E-state index is 0.173. The summed E-state index contributed by atoms with van der Waals surface area (Å²) in [7, 11) is 1.45. The first-order valence-electron chi connectivity index (χ1n) is 7.66. The van der Waals surface area contributed by atoms with Crippen molar-refractivity contribution in [3.05, 3.63) is 54.1 Å². The number of para-hydroxylation sites is 1. The molecule has 0 unspecified atom stereocenters. The summed E-state index contributed by atoms with van der Waals surface area (Å²) in [6.45, 7) is 0.285. The van der Waals surface area contributed by atoms with E-state index in [4.69, 9.17) is 15.2 Å². The molecular formula is C18H20N2O4S. The summed E-state index contributed by atoms with van der Waals surface area (Å²) in [6, 6.07) is 14.7. The molecule has 2 rings (SSSR count). The third-order valence-electron chi connectivity index (χ3n) is 3.25. The predicted molar refractivity (Wildman–Crippen MR) is 97.2 cm³/mol. The van der Waals surface area contributed by atoms with E-state index in [9.17, 15) is 9.59 Å². The Kier molecular flexibility index (Phi) is 7.16. The van der Waals surface area contributed by atoms with Crippen molar-refractivity contribution in [1.29, 1.82) is 0 Å². The molecule has 25 heavy (non-hydrogen) atoms. The van der Waals surface area contributed by atoms with Gasteiger partial charge in [-0.15, -0.1) is 11.8 Å². The van der Waals surface area contributed by atoms with Crippen LogP contribution in [0.1, 0.15) is 10.4 Å². The van der Waals surface area contributed by atoms with E-state index in [1.165, 1.54) is 13.2 Å². The third-order valence-corrected chi connectivity index (χ3v) is 4.26. The van der Waals surface area contributed by atoms with Crippen LogP contribution in [0.5, 0.6) is 11.5 Å². The molecule has 0 atom stereocenters. The summed E-state index contributed by atoms with van der Waals surface area (Å²) < 4.78 is 10.6. The average molecular weight is 360 g/mol. The normalized spacial score (nSPS) is 10.1. The number of methoxy groups -OCH3 is 1. The number of rotatable bonds is 9. The highest BCUT2D eigenvalue weighted by atomic mass is 32.2. The minimum atomic E-state index is -0.645. The molecule has 0 saturated heterocycles. The van der Waals surface area contributed by atoms with Gasteiger partial charge < -0.3 is 20.5 Å². The maximum atomic E-state index is 11.9.